The highest BCUT2D eigenvalue weighted by Gasteiger charge is 2.23. The van der Waals surface area contributed by atoms with Gasteiger partial charge in [0.15, 0.2) is 0 Å². The smallest absolute Gasteiger partial charge is 0.255 e. The zero-order valence-electron chi connectivity index (χ0n) is 13.8. The SMILES string of the molecule is CCN(CC)S(=O)(=O)c1cccc(C(=O)Nc2c(F)cccc2F)c1. The Balaban J connectivity index is 2.34. The van der Waals surface area contributed by atoms with E-state index in [-0.39, 0.29) is 23.5 Å². The average Bonchev–Trinajstić information content (AvgIpc) is 2.59. The topological polar surface area (TPSA) is 66.5 Å². The fourth-order valence-electron chi connectivity index (χ4n) is 2.31. The first-order valence-corrected chi connectivity index (χ1v) is 9.10. The molecular weight excluding hydrogens is 350 g/mol. The van der Waals surface area contributed by atoms with E-state index in [9.17, 15) is 22.0 Å². The van der Waals surface area contributed by atoms with E-state index in [0.29, 0.717) is 0 Å². The minimum atomic E-state index is -3.74. The summed E-state index contributed by atoms with van der Waals surface area (Å²) in [5.41, 5.74) is -0.597. The van der Waals surface area contributed by atoms with Gasteiger partial charge in [0, 0.05) is 18.7 Å². The minimum absolute atomic E-state index is 0.0177. The number of nitrogens with zero attached hydrogens (tertiary/aromatic N) is 1. The van der Waals surface area contributed by atoms with Crippen molar-refractivity contribution in [2.75, 3.05) is 18.4 Å². The molecule has 2 aromatic rings. The van der Waals surface area contributed by atoms with Crippen LogP contribution in [0.4, 0.5) is 14.5 Å². The molecule has 0 aliphatic heterocycles. The summed E-state index contributed by atoms with van der Waals surface area (Å²) in [5.74, 6) is -2.64. The van der Waals surface area contributed by atoms with Gasteiger partial charge in [0.2, 0.25) is 10.0 Å². The van der Waals surface area contributed by atoms with Crippen molar-refractivity contribution in [3.8, 4) is 0 Å². The van der Waals surface area contributed by atoms with E-state index in [1.807, 2.05) is 0 Å². The number of sulfonamides is 1. The fourth-order valence-corrected chi connectivity index (χ4v) is 3.82. The number of para-hydroxylation sites is 1. The van der Waals surface area contributed by atoms with Crippen molar-refractivity contribution in [2.24, 2.45) is 0 Å². The molecular formula is C17H18F2N2O3S. The molecule has 5 nitrogen and oxygen atoms in total. The molecule has 0 unspecified atom stereocenters. The van der Waals surface area contributed by atoms with E-state index in [0.717, 1.165) is 12.1 Å². The number of benzene rings is 2. The second kappa shape index (κ2) is 7.71. The van der Waals surface area contributed by atoms with E-state index < -0.39 is 33.3 Å². The standard InChI is InChI=1S/C17H18F2N2O3S/c1-3-21(4-2)25(23,24)13-8-5-7-12(11-13)17(22)20-16-14(18)9-6-10-15(16)19/h5-11H,3-4H2,1-2H3,(H,20,22). The number of nitrogens with one attached hydrogen (secondary N) is 1. The van der Waals surface area contributed by atoms with Crippen LogP contribution in [0.15, 0.2) is 47.4 Å². The predicted molar refractivity (Wildman–Crippen MR) is 90.9 cm³/mol. The number of carbonyl (C=O) groups excluding carboxylic acids is 1. The van der Waals surface area contributed by atoms with Gasteiger partial charge in [0.1, 0.15) is 17.3 Å². The highest BCUT2D eigenvalue weighted by atomic mass is 32.2. The lowest BCUT2D eigenvalue weighted by Gasteiger charge is -2.18. The quantitative estimate of drug-likeness (QED) is 0.851. The van der Waals surface area contributed by atoms with Crippen molar-refractivity contribution in [3.63, 3.8) is 0 Å². The number of carbonyl (C=O) groups is 1. The lowest BCUT2D eigenvalue weighted by Crippen LogP contribution is -2.30. The molecule has 0 aromatic heterocycles. The Morgan fingerprint density at radius 3 is 2.16 bits per heavy atom. The highest BCUT2D eigenvalue weighted by molar-refractivity contribution is 7.89. The van der Waals surface area contributed by atoms with Crippen LogP contribution in [0.25, 0.3) is 0 Å². The lowest BCUT2D eigenvalue weighted by atomic mass is 10.2. The van der Waals surface area contributed by atoms with Crippen LogP contribution in [0.2, 0.25) is 0 Å². The summed E-state index contributed by atoms with van der Waals surface area (Å²) >= 11 is 0. The Morgan fingerprint density at radius 1 is 1.04 bits per heavy atom. The van der Waals surface area contributed by atoms with E-state index in [4.69, 9.17) is 0 Å². The van der Waals surface area contributed by atoms with Gasteiger partial charge in [-0.3, -0.25) is 4.79 Å². The molecule has 2 rings (SSSR count). The number of hydrogen-bond acceptors (Lipinski definition) is 3. The van der Waals surface area contributed by atoms with Gasteiger partial charge < -0.3 is 5.32 Å². The van der Waals surface area contributed by atoms with Crippen LogP contribution in [-0.4, -0.2) is 31.7 Å². The number of hydrogen-bond donors (Lipinski definition) is 1. The molecule has 134 valence electrons. The lowest BCUT2D eigenvalue weighted by molar-refractivity contribution is 0.102. The molecule has 0 atom stereocenters. The van der Waals surface area contributed by atoms with Crippen molar-refractivity contribution in [1.29, 1.82) is 0 Å². The first kappa shape index (κ1) is 19.0. The minimum Gasteiger partial charge on any atom is -0.317 e. The summed E-state index contributed by atoms with van der Waals surface area (Å²) in [5, 5.41) is 2.13. The summed E-state index contributed by atoms with van der Waals surface area (Å²) in [4.78, 5) is 12.2. The van der Waals surface area contributed by atoms with Crippen molar-refractivity contribution < 1.29 is 22.0 Å². The molecule has 0 saturated carbocycles. The third kappa shape index (κ3) is 4.02. The van der Waals surface area contributed by atoms with Gasteiger partial charge in [-0.2, -0.15) is 4.31 Å². The van der Waals surface area contributed by atoms with E-state index >= 15 is 0 Å². The first-order valence-electron chi connectivity index (χ1n) is 7.66. The van der Waals surface area contributed by atoms with E-state index in [1.165, 1.54) is 34.6 Å². The van der Waals surface area contributed by atoms with Crippen molar-refractivity contribution in [1.82, 2.24) is 4.31 Å². The zero-order chi connectivity index (χ0) is 18.6. The van der Waals surface area contributed by atoms with Crippen LogP contribution >= 0.6 is 0 Å². The van der Waals surface area contributed by atoms with Crippen LogP contribution in [0, 0.1) is 11.6 Å². The second-order valence-electron chi connectivity index (χ2n) is 5.17. The average molecular weight is 368 g/mol. The van der Waals surface area contributed by atoms with Crippen LogP contribution in [0.5, 0.6) is 0 Å². The van der Waals surface area contributed by atoms with Crippen molar-refractivity contribution in [3.05, 3.63) is 59.7 Å². The number of rotatable bonds is 6. The largest absolute Gasteiger partial charge is 0.317 e. The molecule has 8 heteroatoms. The van der Waals surface area contributed by atoms with Gasteiger partial charge in [0.05, 0.1) is 4.90 Å². The number of halogens is 2. The molecule has 2 aromatic carbocycles. The number of anilines is 1. The molecule has 0 radical (unpaired) electrons. The molecule has 0 saturated heterocycles. The molecule has 0 bridgehead atoms. The van der Waals surface area contributed by atoms with E-state index in [2.05, 4.69) is 5.32 Å². The normalized spacial score (nSPS) is 11.6. The molecule has 0 aliphatic rings. The molecule has 25 heavy (non-hydrogen) atoms. The molecule has 1 amide bonds. The Morgan fingerprint density at radius 2 is 1.60 bits per heavy atom. The predicted octanol–water partition coefficient (Wildman–Crippen LogP) is 3.25. The monoisotopic (exact) mass is 368 g/mol. The van der Waals surface area contributed by atoms with Gasteiger partial charge in [-0.05, 0) is 30.3 Å². The van der Waals surface area contributed by atoms with Gasteiger partial charge in [-0.1, -0.05) is 26.0 Å². The van der Waals surface area contributed by atoms with Crippen molar-refractivity contribution >= 4 is 21.6 Å². The Kier molecular flexibility index (Phi) is 5.86. The van der Waals surface area contributed by atoms with Crippen LogP contribution in [0.3, 0.4) is 0 Å². The summed E-state index contributed by atoms with van der Waals surface area (Å²) in [6, 6.07) is 8.53. The van der Waals surface area contributed by atoms with Crippen molar-refractivity contribution in [2.45, 2.75) is 18.7 Å². The maximum Gasteiger partial charge on any atom is 0.255 e. The Bertz CT molecular complexity index is 861. The number of amides is 1. The molecule has 0 aliphatic carbocycles. The fraction of sp³-hybridized carbons (Fsp3) is 0.235. The molecule has 0 fully saturated rings. The summed E-state index contributed by atoms with van der Waals surface area (Å²) in [7, 11) is -3.74. The maximum atomic E-state index is 13.6. The molecule has 0 spiro atoms. The van der Waals surface area contributed by atoms with Crippen LogP contribution in [0.1, 0.15) is 24.2 Å². The maximum absolute atomic E-state index is 13.6. The molecule has 1 N–H and O–H groups in total. The van der Waals surface area contributed by atoms with Gasteiger partial charge in [-0.15, -0.1) is 0 Å². The second-order valence-corrected chi connectivity index (χ2v) is 7.11. The van der Waals surface area contributed by atoms with Gasteiger partial charge in [-0.25, -0.2) is 17.2 Å². The first-order chi connectivity index (χ1) is 11.8. The summed E-state index contributed by atoms with van der Waals surface area (Å²) < 4.78 is 53.5. The zero-order valence-corrected chi connectivity index (χ0v) is 14.6. The van der Waals surface area contributed by atoms with E-state index in [1.54, 1.807) is 13.8 Å². The van der Waals surface area contributed by atoms with Crippen LogP contribution in [-0.2, 0) is 10.0 Å². The summed E-state index contributed by atoms with van der Waals surface area (Å²) in [6.45, 7) is 3.99. The summed E-state index contributed by atoms with van der Waals surface area (Å²) in [6.07, 6.45) is 0. The Labute approximate surface area is 145 Å². The third-order valence-electron chi connectivity index (χ3n) is 3.64. The Hall–Kier alpha value is -2.32. The molecule has 0 heterocycles. The highest BCUT2D eigenvalue weighted by Crippen LogP contribution is 2.21. The van der Waals surface area contributed by atoms with Crippen LogP contribution < -0.4 is 5.32 Å². The van der Waals surface area contributed by atoms with Gasteiger partial charge in [0.25, 0.3) is 5.91 Å². The third-order valence-corrected chi connectivity index (χ3v) is 5.69. The van der Waals surface area contributed by atoms with Gasteiger partial charge >= 0.3 is 0 Å².